The first-order valence-corrected chi connectivity index (χ1v) is 7.60. The molecule has 0 aliphatic heterocycles. The summed E-state index contributed by atoms with van der Waals surface area (Å²) in [7, 11) is 0. The highest BCUT2D eigenvalue weighted by molar-refractivity contribution is 5.21. The van der Waals surface area contributed by atoms with Gasteiger partial charge in [-0.05, 0) is 25.3 Å². The van der Waals surface area contributed by atoms with Gasteiger partial charge < -0.3 is 10.2 Å². The van der Waals surface area contributed by atoms with Gasteiger partial charge in [-0.2, -0.15) is 0 Å². The fraction of sp³-hybridized carbons (Fsp3) is 0.625. The Hall–Kier alpha value is -1.04. The molecular formula is C16H23F2NO2. The van der Waals surface area contributed by atoms with Crippen molar-refractivity contribution in [2.45, 2.75) is 44.2 Å². The second kappa shape index (κ2) is 7.82. The fourth-order valence-electron chi connectivity index (χ4n) is 3.10. The molecule has 1 unspecified atom stereocenters. The van der Waals surface area contributed by atoms with Crippen LogP contribution in [0, 0.1) is 11.6 Å². The van der Waals surface area contributed by atoms with Gasteiger partial charge in [0.2, 0.25) is 0 Å². The Morgan fingerprint density at radius 1 is 1.19 bits per heavy atom. The quantitative estimate of drug-likeness (QED) is 0.813. The van der Waals surface area contributed by atoms with Gasteiger partial charge in [0.05, 0.1) is 12.7 Å². The molecule has 0 aromatic heterocycles. The summed E-state index contributed by atoms with van der Waals surface area (Å²) in [4.78, 5) is 2.15. The summed E-state index contributed by atoms with van der Waals surface area (Å²) < 4.78 is 26.8. The van der Waals surface area contributed by atoms with E-state index in [4.69, 9.17) is 5.11 Å². The highest BCUT2D eigenvalue weighted by atomic mass is 19.2. The molecule has 1 aliphatic rings. The van der Waals surface area contributed by atoms with Crippen LogP contribution in [0.5, 0.6) is 0 Å². The number of aliphatic hydroxyl groups is 2. The van der Waals surface area contributed by atoms with Crippen molar-refractivity contribution < 1.29 is 19.0 Å². The first-order valence-electron chi connectivity index (χ1n) is 7.60. The van der Waals surface area contributed by atoms with E-state index in [1.54, 1.807) is 0 Å². The summed E-state index contributed by atoms with van der Waals surface area (Å²) in [6.07, 6.45) is 3.89. The molecule has 5 heteroatoms. The van der Waals surface area contributed by atoms with E-state index >= 15 is 0 Å². The third-order valence-electron chi connectivity index (χ3n) is 4.26. The Balaban J connectivity index is 1.94. The van der Waals surface area contributed by atoms with Crippen molar-refractivity contribution >= 4 is 0 Å². The Labute approximate surface area is 124 Å². The summed E-state index contributed by atoms with van der Waals surface area (Å²) in [5.74, 6) is -1.91. The second-order valence-corrected chi connectivity index (χ2v) is 5.65. The number of nitrogens with zero attached hydrogens (tertiary/aromatic N) is 1. The number of rotatable bonds is 7. The van der Waals surface area contributed by atoms with Gasteiger partial charge in [0.15, 0.2) is 11.6 Å². The molecule has 0 bridgehead atoms. The minimum Gasteiger partial charge on any atom is -0.395 e. The van der Waals surface area contributed by atoms with Crippen molar-refractivity contribution in [2.24, 2.45) is 0 Å². The number of hydrogen-bond donors (Lipinski definition) is 2. The monoisotopic (exact) mass is 299 g/mol. The zero-order chi connectivity index (χ0) is 15.2. The molecule has 21 heavy (non-hydrogen) atoms. The van der Waals surface area contributed by atoms with Crippen molar-refractivity contribution in [1.29, 1.82) is 0 Å². The van der Waals surface area contributed by atoms with E-state index in [1.807, 2.05) is 0 Å². The molecule has 2 N–H and O–H groups in total. The van der Waals surface area contributed by atoms with E-state index in [1.165, 1.54) is 25.0 Å². The molecule has 0 amide bonds. The molecule has 1 atom stereocenters. The molecule has 1 fully saturated rings. The van der Waals surface area contributed by atoms with E-state index in [-0.39, 0.29) is 12.2 Å². The van der Waals surface area contributed by atoms with Gasteiger partial charge in [-0.1, -0.05) is 25.0 Å². The number of halogens is 2. The zero-order valence-corrected chi connectivity index (χ0v) is 12.1. The standard InChI is InChI=1S/C16H23F2NO2/c17-14-7-3-6-13(16(14)18)15(21)8-9-19(10-11-20)12-4-1-2-5-12/h3,6-7,12,15,20-21H,1-2,4-5,8-11H2. The predicted octanol–water partition coefficient (Wildman–Crippen LogP) is 2.63. The molecule has 118 valence electrons. The van der Waals surface area contributed by atoms with E-state index in [0.29, 0.717) is 25.6 Å². The lowest BCUT2D eigenvalue weighted by atomic mass is 10.0. The first kappa shape index (κ1) is 16.3. The van der Waals surface area contributed by atoms with Gasteiger partial charge in [0.25, 0.3) is 0 Å². The van der Waals surface area contributed by atoms with Crippen molar-refractivity contribution in [3.63, 3.8) is 0 Å². The van der Waals surface area contributed by atoms with E-state index < -0.39 is 17.7 Å². The Morgan fingerprint density at radius 3 is 2.57 bits per heavy atom. The second-order valence-electron chi connectivity index (χ2n) is 5.65. The molecule has 0 radical (unpaired) electrons. The summed E-state index contributed by atoms with van der Waals surface area (Å²) >= 11 is 0. The van der Waals surface area contributed by atoms with Crippen molar-refractivity contribution in [3.8, 4) is 0 Å². The predicted molar refractivity (Wildman–Crippen MR) is 76.8 cm³/mol. The molecule has 0 heterocycles. The molecule has 1 aromatic rings. The third-order valence-corrected chi connectivity index (χ3v) is 4.26. The van der Waals surface area contributed by atoms with Crippen LogP contribution < -0.4 is 0 Å². The lowest BCUT2D eigenvalue weighted by molar-refractivity contribution is 0.106. The summed E-state index contributed by atoms with van der Waals surface area (Å²) in [5.41, 5.74) is 0.00497. The molecule has 0 saturated heterocycles. The van der Waals surface area contributed by atoms with Gasteiger partial charge in [-0.25, -0.2) is 8.78 Å². The normalized spacial score (nSPS) is 17.6. The largest absolute Gasteiger partial charge is 0.395 e. The SMILES string of the molecule is OCCN(CCC(O)c1cccc(F)c1F)C1CCCC1. The lowest BCUT2D eigenvalue weighted by Crippen LogP contribution is -2.37. The first-order chi connectivity index (χ1) is 10.1. The Morgan fingerprint density at radius 2 is 1.90 bits per heavy atom. The van der Waals surface area contributed by atoms with Gasteiger partial charge in [0.1, 0.15) is 0 Å². The minimum atomic E-state index is -1.02. The molecule has 0 spiro atoms. The molecule has 2 rings (SSSR count). The van der Waals surface area contributed by atoms with Crippen molar-refractivity contribution in [1.82, 2.24) is 4.90 Å². The number of aliphatic hydroxyl groups excluding tert-OH is 2. The van der Waals surface area contributed by atoms with Gasteiger partial charge in [0, 0.05) is 24.7 Å². The summed E-state index contributed by atoms with van der Waals surface area (Å²) in [6.45, 7) is 1.20. The number of hydrogen-bond acceptors (Lipinski definition) is 3. The van der Waals surface area contributed by atoms with E-state index in [9.17, 15) is 13.9 Å². The molecular weight excluding hydrogens is 276 g/mol. The third kappa shape index (κ3) is 4.22. The molecule has 3 nitrogen and oxygen atoms in total. The Kier molecular flexibility index (Phi) is 6.08. The molecule has 1 aromatic carbocycles. The van der Waals surface area contributed by atoms with E-state index in [0.717, 1.165) is 18.9 Å². The van der Waals surface area contributed by atoms with Crippen molar-refractivity contribution in [2.75, 3.05) is 19.7 Å². The maximum absolute atomic E-state index is 13.6. The van der Waals surface area contributed by atoms with Crippen LogP contribution in [-0.4, -0.2) is 40.9 Å². The van der Waals surface area contributed by atoms with Crippen LogP contribution in [0.15, 0.2) is 18.2 Å². The number of benzene rings is 1. The zero-order valence-electron chi connectivity index (χ0n) is 12.1. The highest BCUT2D eigenvalue weighted by Gasteiger charge is 2.23. The molecule has 1 aliphatic carbocycles. The van der Waals surface area contributed by atoms with Crippen molar-refractivity contribution in [3.05, 3.63) is 35.4 Å². The van der Waals surface area contributed by atoms with E-state index in [2.05, 4.69) is 4.90 Å². The van der Waals surface area contributed by atoms with Gasteiger partial charge >= 0.3 is 0 Å². The maximum atomic E-state index is 13.6. The maximum Gasteiger partial charge on any atom is 0.164 e. The fourth-order valence-corrected chi connectivity index (χ4v) is 3.10. The Bertz CT molecular complexity index is 450. The topological polar surface area (TPSA) is 43.7 Å². The smallest absolute Gasteiger partial charge is 0.164 e. The van der Waals surface area contributed by atoms with Crippen LogP contribution in [-0.2, 0) is 0 Å². The van der Waals surface area contributed by atoms with Gasteiger partial charge in [-0.15, -0.1) is 0 Å². The van der Waals surface area contributed by atoms with Crippen LogP contribution >= 0.6 is 0 Å². The lowest BCUT2D eigenvalue weighted by Gasteiger charge is -2.29. The van der Waals surface area contributed by atoms with Gasteiger partial charge in [-0.3, -0.25) is 4.90 Å². The minimum absolute atomic E-state index is 0.00497. The van der Waals surface area contributed by atoms with Crippen LogP contribution in [0.3, 0.4) is 0 Å². The molecule has 1 saturated carbocycles. The van der Waals surface area contributed by atoms with Crippen LogP contribution in [0.4, 0.5) is 8.78 Å². The summed E-state index contributed by atoms with van der Waals surface area (Å²) in [6, 6.07) is 4.29. The van der Waals surface area contributed by atoms with Crippen LogP contribution in [0.25, 0.3) is 0 Å². The van der Waals surface area contributed by atoms with Crippen LogP contribution in [0.1, 0.15) is 43.8 Å². The van der Waals surface area contributed by atoms with Crippen LogP contribution in [0.2, 0.25) is 0 Å². The highest BCUT2D eigenvalue weighted by Crippen LogP contribution is 2.26. The average Bonchev–Trinajstić information content (AvgIpc) is 3.00. The average molecular weight is 299 g/mol. The summed E-state index contributed by atoms with van der Waals surface area (Å²) in [5, 5.41) is 19.2.